The minimum Gasteiger partial charge on any atom is -0.377 e. The zero-order valence-corrected chi connectivity index (χ0v) is 42.5. The fourth-order valence-corrected chi connectivity index (χ4v) is 10.7. The highest BCUT2D eigenvalue weighted by Crippen LogP contribution is 2.39. The van der Waals surface area contributed by atoms with Gasteiger partial charge in [-0.05, 0) is 81.7 Å². The summed E-state index contributed by atoms with van der Waals surface area (Å²) in [6.45, 7) is 17.2. The number of aromatic nitrogens is 6. The number of halogens is 1. The van der Waals surface area contributed by atoms with Crippen LogP contribution >= 0.6 is 34.3 Å². The van der Waals surface area contributed by atoms with E-state index >= 15 is 0 Å². The second-order valence-corrected chi connectivity index (χ2v) is 20.7. The van der Waals surface area contributed by atoms with Gasteiger partial charge in [-0.3, -0.25) is 28.6 Å². The number of nitrogens with one attached hydrogen (secondary N) is 2. The quantitative estimate of drug-likeness (QED) is 0.0765. The number of ether oxygens (including phenoxy) is 2. The fourth-order valence-electron chi connectivity index (χ4n) is 8.53. The molecule has 0 saturated carbocycles. The number of rotatable bonds is 15. The molecule has 6 heterocycles. The van der Waals surface area contributed by atoms with E-state index in [1.165, 1.54) is 0 Å². The summed E-state index contributed by atoms with van der Waals surface area (Å²) in [7, 11) is 0. The molecule has 0 spiro atoms. The molecule has 3 amide bonds. The summed E-state index contributed by atoms with van der Waals surface area (Å²) in [6, 6.07) is 13.9. The van der Waals surface area contributed by atoms with Gasteiger partial charge in [-0.2, -0.15) is 5.10 Å². The molecule has 0 bridgehead atoms. The molecule has 0 radical (unpaired) electrons. The number of fused-ring (bicyclic) bond motifs is 3. The Morgan fingerprint density at radius 3 is 2.42 bits per heavy atom. The van der Waals surface area contributed by atoms with Gasteiger partial charge in [0.2, 0.25) is 17.7 Å². The van der Waals surface area contributed by atoms with Gasteiger partial charge >= 0.3 is 0 Å². The van der Waals surface area contributed by atoms with Crippen molar-refractivity contribution in [1.29, 1.82) is 0 Å². The maximum Gasteiger partial charge on any atom is 0.246 e. The van der Waals surface area contributed by atoms with Gasteiger partial charge < -0.3 is 25.0 Å². The summed E-state index contributed by atoms with van der Waals surface area (Å²) < 4.78 is 15.3. The Hall–Kier alpha value is -6.03. The van der Waals surface area contributed by atoms with Crippen molar-refractivity contribution < 1.29 is 23.9 Å². The van der Waals surface area contributed by atoms with Crippen LogP contribution in [0.15, 0.2) is 71.4 Å². The second kappa shape index (κ2) is 21.3. The molecule has 2 aromatic carbocycles. The second-order valence-electron chi connectivity index (χ2n) is 18.4. The molecule has 360 valence electrons. The molecule has 6 aromatic rings. The number of hydrogen-bond donors (Lipinski definition) is 2. The summed E-state index contributed by atoms with van der Waals surface area (Å²) >= 11 is 9.43. The minimum atomic E-state index is -0.856. The molecule has 1 saturated heterocycles. The average Bonchev–Trinajstić information content (AvgIpc) is 4.18. The van der Waals surface area contributed by atoms with Crippen LogP contribution < -0.4 is 10.6 Å². The van der Waals surface area contributed by atoms with E-state index in [1.54, 1.807) is 38.5 Å². The van der Waals surface area contributed by atoms with Crippen LogP contribution in [0.5, 0.6) is 0 Å². The number of aliphatic imine (C=N–C) groups is 1. The van der Waals surface area contributed by atoms with Gasteiger partial charge in [0.1, 0.15) is 35.6 Å². The van der Waals surface area contributed by atoms with Crippen LogP contribution in [0.4, 0.5) is 0 Å². The van der Waals surface area contributed by atoms with Crippen LogP contribution in [0.25, 0.3) is 15.4 Å². The number of carbonyl (C=O) groups excluding carboxylic acids is 3. The summed E-state index contributed by atoms with van der Waals surface area (Å²) in [5.74, 6) is 7.32. The Morgan fingerprint density at radius 2 is 1.70 bits per heavy atom. The van der Waals surface area contributed by atoms with Crippen LogP contribution in [-0.2, 0) is 30.4 Å². The monoisotopic (exact) mass is 988 g/mol. The van der Waals surface area contributed by atoms with Gasteiger partial charge in [0.05, 0.1) is 70.8 Å². The lowest BCUT2D eigenvalue weighted by Gasteiger charge is -2.35. The molecule has 4 aromatic heterocycles. The highest BCUT2D eigenvalue weighted by molar-refractivity contribution is 7.15. The van der Waals surface area contributed by atoms with Gasteiger partial charge in [-0.25, -0.2) is 4.98 Å². The van der Waals surface area contributed by atoms with E-state index in [4.69, 9.17) is 26.1 Å². The Labute approximate surface area is 415 Å². The number of likely N-dealkylation sites (tertiary alicyclic amines) is 1. The lowest BCUT2D eigenvalue weighted by atomic mass is 9.85. The third-order valence-corrected chi connectivity index (χ3v) is 14.7. The van der Waals surface area contributed by atoms with Gasteiger partial charge in [-0.1, -0.05) is 80.6 Å². The number of carbonyl (C=O) groups is 3. The SMILES string of the molecule is Cc1ncsc1-c1ccc([C@H](C)NC(=O)[C@@H]2CCCN2C(=O)[C@@H](NC(=O)COCCOCCn2cc(C#Cc3sc4c(c3C)C(c3ccc(Cl)cc3)=N[C@@H](C)c3nnc(C)n3-4)cn2)C(C)(C)C)cc1. The van der Waals surface area contributed by atoms with E-state index in [2.05, 4.69) is 54.2 Å². The number of benzene rings is 2. The highest BCUT2D eigenvalue weighted by Gasteiger charge is 2.42. The largest absolute Gasteiger partial charge is 0.377 e. The normalized spacial score (nSPS) is 16.4. The predicted octanol–water partition coefficient (Wildman–Crippen LogP) is 7.97. The smallest absolute Gasteiger partial charge is 0.246 e. The third kappa shape index (κ3) is 11.2. The maximum absolute atomic E-state index is 14.1. The van der Waals surface area contributed by atoms with Crippen molar-refractivity contribution in [2.75, 3.05) is 33.0 Å². The molecule has 0 aliphatic carbocycles. The number of amides is 3. The molecule has 8 rings (SSSR count). The molecule has 18 heteroatoms. The number of hydrogen-bond acceptors (Lipinski definition) is 12. The fraction of sp³-hybridized carbons (Fsp3) is 0.412. The lowest BCUT2D eigenvalue weighted by Crippen LogP contribution is -2.58. The summed E-state index contributed by atoms with van der Waals surface area (Å²) in [5, 5.41) is 21.0. The Kier molecular flexibility index (Phi) is 15.3. The van der Waals surface area contributed by atoms with Crippen LogP contribution in [0.1, 0.15) is 110 Å². The number of thiazole rings is 1. The van der Waals surface area contributed by atoms with Crippen molar-refractivity contribution >= 4 is 57.7 Å². The van der Waals surface area contributed by atoms with Crippen molar-refractivity contribution in [3.63, 3.8) is 0 Å². The van der Waals surface area contributed by atoms with Crippen molar-refractivity contribution in [2.45, 2.75) is 98.9 Å². The third-order valence-electron chi connectivity index (χ3n) is 12.3. The molecular weight excluding hydrogens is 932 g/mol. The molecule has 0 unspecified atom stereocenters. The van der Waals surface area contributed by atoms with E-state index in [0.29, 0.717) is 37.6 Å². The zero-order valence-electron chi connectivity index (χ0n) is 40.1. The van der Waals surface area contributed by atoms with Crippen LogP contribution in [0, 0.1) is 38.0 Å². The Balaban J connectivity index is 0.791. The van der Waals surface area contributed by atoms with E-state index < -0.39 is 23.4 Å². The van der Waals surface area contributed by atoms with Crippen molar-refractivity contribution in [3.05, 3.63) is 121 Å². The maximum atomic E-state index is 14.1. The lowest BCUT2D eigenvalue weighted by molar-refractivity contribution is -0.144. The first-order valence-electron chi connectivity index (χ1n) is 23.1. The number of aryl methyl sites for hydroxylation is 2. The molecule has 2 N–H and O–H groups in total. The van der Waals surface area contributed by atoms with Crippen LogP contribution in [0.3, 0.4) is 0 Å². The van der Waals surface area contributed by atoms with Crippen LogP contribution in [-0.4, -0.2) is 103 Å². The molecular formula is C51H57ClN10O5S2. The molecule has 2 aliphatic rings. The van der Waals surface area contributed by atoms with Crippen LogP contribution in [0.2, 0.25) is 5.02 Å². The first-order chi connectivity index (χ1) is 33.1. The number of nitrogens with zero attached hydrogens (tertiary/aromatic N) is 8. The summed E-state index contributed by atoms with van der Waals surface area (Å²) in [5.41, 5.74) is 8.86. The standard InChI is InChI=1S/C51H57ClN10O5S2/c1-30-41(69-50-43(30)44(37-16-18-39(52)19-17-37)55-33(4)47-59-58-34(5)62(47)50)20-11-35-26-54-60(27-35)22-23-66-24-25-67-28-42(63)57-46(51(6,7)8)49(65)61-21-9-10-40(61)48(64)56-31(2)36-12-14-38(15-13-36)45-32(3)53-29-68-45/h12-19,26-27,29,31,33,40,46H,9-10,21-25,28H2,1-8H3,(H,56,64)(H,57,63)/t31-,33-,40-,46+/m0/s1. The zero-order chi connectivity index (χ0) is 49.0. The first-order valence-corrected chi connectivity index (χ1v) is 25.1. The van der Waals surface area contributed by atoms with E-state index in [0.717, 1.165) is 71.2 Å². The average molecular weight is 990 g/mol. The first kappa shape index (κ1) is 49.4. The van der Waals surface area contributed by atoms with E-state index in [-0.39, 0.29) is 43.7 Å². The Morgan fingerprint density at radius 1 is 0.957 bits per heavy atom. The Bertz CT molecular complexity index is 2920. The molecule has 69 heavy (non-hydrogen) atoms. The summed E-state index contributed by atoms with van der Waals surface area (Å²) in [4.78, 5) is 53.9. The molecule has 4 atom stereocenters. The van der Waals surface area contributed by atoms with Gasteiger partial charge in [-0.15, -0.1) is 32.9 Å². The summed E-state index contributed by atoms with van der Waals surface area (Å²) in [6.07, 6.45) is 4.85. The minimum absolute atomic E-state index is 0.182. The number of thiophene rings is 1. The van der Waals surface area contributed by atoms with Gasteiger partial charge in [0, 0.05) is 28.9 Å². The molecule has 15 nitrogen and oxygen atoms in total. The van der Waals surface area contributed by atoms with E-state index in [1.807, 2.05) is 109 Å². The topological polar surface area (TPSA) is 171 Å². The van der Waals surface area contributed by atoms with E-state index in [9.17, 15) is 14.4 Å². The predicted molar refractivity (Wildman–Crippen MR) is 269 cm³/mol. The van der Waals surface area contributed by atoms with Crippen molar-refractivity contribution in [1.82, 2.24) is 45.1 Å². The molecule has 2 aliphatic heterocycles. The van der Waals surface area contributed by atoms with Gasteiger partial charge in [0.25, 0.3) is 0 Å². The highest BCUT2D eigenvalue weighted by atomic mass is 35.5. The van der Waals surface area contributed by atoms with Crippen molar-refractivity contribution in [3.8, 4) is 27.3 Å². The van der Waals surface area contributed by atoms with Crippen molar-refractivity contribution in [2.24, 2.45) is 10.4 Å². The van der Waals surface area contributed by atoms with Gasteiger partial charge in [0.15, 0.2) is 5.82 Å². The molecule has 1 fully saturated rings.